The maximum atomic E-state index is 14.1. The van der Waals surface area contributed by atoms with Crippen molar-refractivity contribution in [3.05, 3.63) is 58.7 Å². The van der Waals surface area contributed by atoms with Crippen LogP contribution in [0.2, 0.25) is 0 Å². The largest absolute Gasteiger partial charge is 0.460 e. The summed E-state index contributed by atoms with van der Waals surface area (Å²) >= 11 is 0. The Balaban J connectivity index is 1.81. The molecule has 4 rings (SSSR count). The first-order valence-electron chi connectivity index (χ1n) is 15.2. The normalized spacial score (nSPS) is 21.6. The van der Waals surface area contributed by atoms with E-state index < -0.39 is 11.4 Å². The van der Waals surface area contributed by atoms with Crippen LogP contribution < -0.4 is 0 Å². The molecule has 3 heterocycles. The first-order valence-corrected chi connectivity index (χ1v) is 15.2. The highest BCUT2D eigenvalue weighted by molar-refractivity contribution is 5.82. The number of pyridine rings is 1. The van der Waals surface area contributed by atoms with Gasteiger partial charge in [0.25, 0.3) is 0 Å². The lowest BCUT2D eigenvalue weighted by Gasteiger charge is -2.41. The van der Waals surface area contributed by atoms with Gasteiger partial charge in [-0.15, -0.1) is 0 Å². The third kappa shape index (κ3) is 7.90. The van der Waals surface area contributed by atoms with Crippen molar-refractivity contribution in [3.8, 4) is 11.1 Å². The number of esters is 1. The Labute approximate surface area is 255 Å². The second-order valence-electron chi connectivity index (χ2n) is 14.2. The molecule has 1 fully saturated rings. The fourth-order valence-corrected chi connectivity index (χ4v) is 6.11. The lowest BCUT2D eigenvalue weighted by atomic mass is 9.77. The molecule has 0 bridgehead atoms. The molecule has 43 heavy (non-hydrogen) atoms. The minimum atomic E-state index is -0.902. The van der Waals surface area contributed by atoms with Crippen molar-refractivity contribution in [2.75, 3.05) is 6.54 Å². The first-order chi connectivity index (χ1) is 19.8. The van der Waals surface area contributed by atoms with Gasteiger partial charge in [0.1, 0.15) is 11.4 Å². The summed E-state index contributed by atoms with van der Waals surface area (Å²) in [5.41, 5.74) is 4.63. The molecule has 2 aliphatic rings. The predicted molar refractivity (Wildman–Crippen MR) is 166 cm³/mol. The van der Waals surface area contributed by atoms with Crippen LogP contribution in [-0.4, -0.2) is 51.9 Å². The lowest BCUT2D eigenvalue weighted by Crippen LogP contribution is -2.45. The van der Waals surface area contributed by atoms with E-state index in [-0.39, 0.29) is 47.7 Å². The minimum Gasteiger partial charge on any atom is -0.460 e. The van der Waals surface area contributed by atoms with Crippen LogP contribution >= 0.6 is 0 Å². The summed E-state index contributed by atoms with van der Waals surface area (Å²) in [5.74, 6) is -1.43. The molecule has 1 saturated heterocycles. The number of fused-ring (bicyclic) bond motifs is 1. The SMILES string of the molecule is CC(=O)N1Cc2c(nc(C(C)C)c(C=C[C@@H]3C[C@H](CC(=O)OC(C)(C)C)OC(C)(C)O3)c2-c2ccc(F)cc2)C(C)(C)C1. The van der Waals surface area contributed by atoms with Crippen LogP contribution in [0.5, 0.6) is 0 Å². The maximum Gasteiger partial charge on any atom is 0.308 e. The van der Waals surface area contributed by atoms with E-state index in [9.17, 15) is 14.0 Å². The Morgan fingerprint density at radius 3 is 2.37 bits per heavy atom. The molecule has 1 amide bonds. The van der Waals surface area contributed by atoms with E-state index in [0.29, 0.717) is 19.5 Å². The zero-order chi connectivity index (χ0) is 31.9. The second kappa shape index (κ2) is 12.1. The number of halogens is 1. The van der Waals surface area contributed by atoms with Gasteiger partial charge in [-0.25, -0.2) is 4.39 Å². The number of carbonyl (C=O) groups excluding carboxylic acids is 2. The second-order valence-corrected chi connectivity index (χ2v) is 14.2. The van der Waals surface area contributed by atoms with Crippen LogP contribution in [0.3, 0.4) is 0 Å². The van der Waals surface area contributed by atoms with Gasteiger partial charge in [-0.05, 0) is 63.8 Å². The maximum absolute atomic E-state index is 14.1. The average molecular weight is 595 g/mol. The summed E-state index contributed by atoms with van der Waals surface area (Å²) in [7, 11) is 0. The summed E-state index contributed by atoms with van der Waals surface area (Å²) in [6.45, 7) is 20.3. The predicted octanol–water partition coefficient (Wildman–Crippen LogP) is 7.31. The van der Waals surface area contributed by atoms with Crippen LogP contribution in [0.25, 0.3) is 17.2 Å². The van der Waals surface area contributed by atoms with Gasteiger partial charge in [0, 0.05) is 43.0 Å². The van der Waals surface area contributed by atoms with Crippen LogP contribution in [0.15, 0.2) is 30.3 Å². The molecule has 0 radical (unpaired) electrons. The van der Waals surface area contributed by atoms with Gasteiger partial charge in [0.15, 0.2) is 5.79 Å². The number of hydrogen-bond acceptors (Lipinski definition) is 6. The van der Waals surface area contributed by atoms with Gasteiger partial charge in [-0.3, -0.25) is 14.6 Å². The van der Waals surface area contributed by atoms with E-state index in [1.165, 1.54) is 12.1 Å². The molecule has 2 aromatic rings. The van der Waals surface area contributed by atoms with E-state index in [1.54, 1.807) is 19.1 Å². The first kappa shape index (κ1) is 32.8. The zero-order valence-electron chi connectivity index (χ0n) is 27.3. The van der Waals surface area contributed by atoms with E-state index in [0.717, 1.165) is 33.6 Å². The Morgan fingerprint density at radius 1 is 1.14 bits per heavy atom. The molecule has 0 unspecified atom stereocenters. The Kier molecular flexibility index (Phi) is 9.25. The lowest BCUT2D eigenvalue weighted by molar-refractivity contribution is -0.290. The number of rotatable bonds is 6. The smallest absolute Gasteiger partial charge is 0.308 e. The van der Waals surface area contributed by atoms with Crippen molar-refractivity contribution in [3.63, 3.8) is 0 Å². The van der Waals surface area contributed by atoms with Crippen LogP contribution in [0.4, 0.5) is 4.39 Å². The van der Waals surface area contributed by atoms with Crippen LogP contribution in [-0.2, 0) is 35.8 Å². The van der Waals surface area contributed by atoms with Crippen molar-refractivity contribution in [1.29, 1.82) is 0 Å². The van der Waals surface area contributed by atoms with Gasteiger partial charge in [-0.2, -0.15) is 0 Å². The summed E-state index contributed by atoms with van der Waals surface area (Å²) in [4.78, 5) is 32.3. The molecule has 0 spiro atoms. The number of carbonyl (C=O) groups is 2. The van der Waals surface area contributed by atoms with Crippen LogP contribution in [0, 0.1) is 5.82 Å². The topological polar surface area (TPSA) is 78.0 Å². The number of aromatic nitrogens is 1. The quantitative estimate of drug-likeness (QED) is 0.327. The fraction of sp³-hybridized carbons (Fsp3) is 0.571. The van der Waals surface area contributed by atoms with Crippen molar-refractivity contribution in [2.45, 2.75) is 124 Å². The molecule has 0 aliphatic carbocycles. The highest BCUT2D eigenvalue weighted by Crippen LogP contribution is 2.42. The van der Waals surface area contributed by atoms with Crippen molar-refractivity contribution < 1.29 is 28.2 Å². The summed E-state index contributed by atoms with van der Waals surface area (Å²) < 4.78 is 32.0. The Morgan fingerprint density at radius 2 is 1.79 bits per heavy atom. The molecule has 1 aromatic heterocycles. The summed E-state index contributed by atoms with van der Waals surface area (Å²) in [5, 5.41) is 0. The molecule has 1 aromatic carbocycles. The van der Waals surface area contributed by atoms with E-state index >= 15 is 0 Å². The highest BCUT2D eigenvalue weighted by Gasteiger charge is 2.39. The third-order valence-corrected chi connectivity index (χ3v) is 7.74. The van der Waals surface area contributed by atoms with Crippen molar-refractivity contribution in [2.24, 2.45) is 0 Å². The minimum absolute atomic E-state index is 0.00248. The number of hydrogen-bond donors (Lipinski definition) is 0. The molecule has 234 valence electrons. The van der Waals surface area contributed by atoms with E-state index in [4.69, 9.17) is 19.2 Å². The standard InChI is InChI=1S/C35H47FN2O5/c1-21(2)31-27(16-15-25-17-26(42-35(9,10)41-25)18-29(40)43-33(4,5)6)30(23-11-13-24(36)14-12-23)28-19-38(22(3)39)20-34(7,8)32(28)37-31/h11-16,21,25-26H,17-20H2,1-10H3/t25-,26-/m1/s1. The van der Waals surface area contributed by atoms with Crippen LogP contribution in [0.1, 0.15) is 111 Å². The summed E-state index contributed by atoms with van der Waals surface area (Å²) in [6.07, 6.45) is 3.94. The molecular weight excluding hydrogens is 547 g/mol. The molecular formula is C35H47FN2O5. The molecule has 2 aliphatic heterocycles. The van der Waals surface area contributed by atoms with Crippen molar-refractivity contribution in [1.82, 2.24) is 9.88 Å². The Hall–Kier alpha value is -3.10. The average Bonchev–Trinajstić information content (AvgIpc) is 2.84. The van der Waals surface area contributed by atoms with E-state index in [2.05, 4.69) is 27.7 Å². The van der Waals surface area contributed by atoms with E-state index in [1.807, 2.05) is 51.7 Å². The Bertz CT molecular complexity index is 1390. The number of benzene rings is 1. The highest BCUT2D eigenvalue weighted by atomic mass is 19.1. The van der Waals surface area contributed by atoms with Crippen molar-refractivity contribution >= 4 is 18.0 Å². The number of amides is 1. The molecule has 8 heteroatoms. The fourth-order valence-electron chi connectivity index (χ4n) is 6.11. The van der Waals surface area contributed by atoms with Gasteiger partial charge >= 0.3 is 5.97 Å². The van der Waals surface area contributed by atoms with Gasteiger partial charge in [0.05, 0.1) is 30.0 Å². The third-order valence-electron chi connectivity index (χ3n) is 7.74. The molecule has 0 saturated carbocycles. The number of nitrogens with zero attached hydrogens (tertiary/aromatic N) is 2. The molecule has 2 atom stereocenters. The number of ether oxygens (including phenoxy) is 3. The van der Waals surface area contributed by atoms with Gasteiger partial charge in [-0.1, -0.05) is 52.0 Å². The molecule has 7 nitrogen and oxygen atoms in total. The summed E-state index contributed by atoms with van der Waals surface area (Å²) in [6, 6.07) is 6.51. The van der Waals surface area contributed by atoms with Gasteiger partial charge in [0.2, 0.25) is 5.91 Å². The monoisotopic (exact) mass is 594 g/mol. The van der Waals surface area contributed by atoms with Gasteiger partial charge < -0.3 is 19.1 Å². The molecule has 0 N–H and O–H groups in total. The zero-order valence-corrected chi connectivity index (χ0v) is 27.3.